The second kappa shape index (κ2) is 5.38. The monoisotopic (exact) mass is 270 g/mol. The number of nitrogens with two attached hydrogens (primary N) is 1. The van der Waals surface area contributed by atoms with E-state index in [2.05, 4.69) is 12.2 Å². The van der Waals surface area contributed by atoms with Crippen LogP contribution in [0.1, 0.15) is 46.5 Å². The van der Waals surface area contributed by atoms with Crippen LogP contribution >= 0.6 is 0 Å². The summed E-state index contributed by atoms with van der Waals surface area (Å²) in [6, 6.07) is 0. The molecule has 0 bridgehead atoms. The largest absolute Gasteiger partial charge is 0.352 e. The molecular formula is C14H26N2O3. The van der Waals surface area contributed by atoms with E-state index in [1.807, 2.05) is 13.8 Å². The molecule has 0 aromatic rings. The highest BCUT2D eigenvalue weighted by Crippen LogP contribution is 2.30. The van der Waals surface area contributed by atoms with Gasteiger partial charge in [-0.05, 0) is 32.6 Å². The molecule has 2 rings (SSSR count). The van der Waals surface area contributed by atoms with Crippen molar-refractivity contribution in [3.63, 3.8) is 0 Å². The van der Waals surface area contributed by atoms with Crippen molar-refractivity contribution in [2.45, 2.75) is 63.9 Å². The predicted molar refractivity (Wildman–Crippen MR) is 72.5 cm³/mol. The van der Waals surface area contributed by atoms with Crippen molar-refractivity contribution in [1.82, 2.24) is 5.32 Å². The van der Waals surface area contributed by atoms with Gasteiger partial charge in [-0.1, -0.05) is 19.8 Å². The molecule has 3 unspecified atom stereocenters. The van der Waals surface area contributed by atoms with Gasteiger partial charge in [-0.3, -0.25) is 4.79 Å². The van der Waals surface area contributed by atoms with Crippen LogP contribution in [0.25, 0.3) is 0 Å². The summed E-state index contributed by atoms with van der Waals surface area (Å²) in [6.45, 7) is 6.89. The minimum atomic E-state index is -0.702. The summed E-state index contributed by atoms with van der Waals surface area (Å²) in [5.74, 6) is -0.0725. The number of amides is 1. The maximum absolute atomic E-state index is 12.3. The predicted octanol–water partition coefficient (Wildman–Crippen LogP) is 1.16. The lowest BCUT2D eigenvalue weighted by atomic mass is 9.76. The molecule has 1 amide bonds. The van der Waals surface area contributed by atoms with Gasteiger partial charge >= 0.3 is 0 Å². The highest BCUT2D eigenvalue weighted by atomic mass is 16.7. The standard InChI is InChI=1S/C14H26N2O3/c1-10-5-4-6-14(15,7-10)12(17)16-8-11-9-18-13(2,3)19-11/h10-11H,4-9,15H2,1-3H3,(H,16,17). The van der Waals surface area contributed by atoms with E-state index in [1.165, 1.54) is 6.42 Å². The van der Waals surface area contributed by atoms with Crippen LogP contribution in [0.3, 0.4) is 0 Å². The normalized spacial score (nSPS) is 38.1. The maximum atomic E-state index is 12.3. The minimum Gasteiger partial charge on any atom is -0.352 e. The van der Waals surface area contributed by atoms with Crippen LogP contribution in [0.15, 0.2) is 0 Å². The van der Waals surface area contributed by atoms with E-state index in [9.17, 15) is 4.79 Å². The van der Waals surface area contributed by atoms with Crippen LogP contribution in [-0.2, 0) is 14.3 Å². The van der Waals surface area contributed by atoms with E-state index >= 15 is 0 Å². The molecule has 1 heterocycles. The van der Waals surface area contributed by atoms with Gasteiger partial charge in [0.1, 0.15) is 6.10 Å². The van der Waals surface area contributed by atoms with Crippen LogP contribution in [0.5, 0.6) is 0 Å². The summed E-state index contributed by atoms with van der Waals surface area (Å²) in [5, 5.41) is 2.92. The van der Waals surface area contributed by atoms with Crippen molar-refractivity contribution in [3.05, 3.63) is 0 Å². The van der Waals surface area contributed by atoms with E-state index in [1.54, 1.807) is 0 Å². The Bertz CT molecular complexity index is 346. The Hall–Kier alpha value is -0.650. The Morgan fingerprint density at radius 1 is 1.47 bits per heavy atom. The highest BCUT2D eigenvalue weighted by Gasteiger charge is 2.39. The Morgan fingerprint density at radius 3 is 2.79 bits per heavy atom. The molecular weight excluding hydrogens is 244 g/mol. The third-order valence-electron chi connectivity index (χ3n) is 4.04. The fraction of sp³-hybridized carbons (Fsp3) is 0.929. The number of rotatable bonds is 3. The Balaban J connectivity index is 1.81. The van der Waals surface area contributed by atoms with Gasteiger partial charge in [-0.25, -0.2) is 0 Å². The zero-order chi connectivity index (χ0) is 14.1. The molecule has 1 saturated carbocycles. The third-order valence-corrected chi connectivity index (χ3v) is 4.04. The molecule has 2 fully saturated rings. The first-order valence-corrected chi connectivity index (χ1v) is 7.20. The number of nitrogens with one attached hydrogen (secondary N) is 1. The zero-order valence-electron chi connectivity index (χ0n) is 12.2. The van der Waals surface area contributed by atoms with Gasteiger partial charge in [0.05, 0.1) is 12.1 Å². The van der Waals surface area contributed by atoms with Crippen molar-refractivity contribution >= 4 is 5.91 Å². The molecule has 1 saturated heterocycles. The van der Waals surface area contributed by atoms with Gasteiger partial charge < -0.3 is 20.5 Å². The lowest BCUT2D eigenvalue weighted by Gasteiger charge is -2.35. The van der Waals surface area contributed by atoms with E-state index in [4.69, 9.17) is 15.2 Å². The van der Waals surface area contributed by atoms with Gasteiger partial charge in [0.25, 0.3) is 0 Å². The number of carbonyl (C=O) groups is 1. The van der Waals surface area contributed by atoms with Crippen molar-refractivity contribution in [1.29, 1.82) is 0 Å². The molecule has 0 spiro atoms. The van der Waals surface area contributed by atoms with E-state index < -0.39 is 11.3 Å². The van der Waals surface area contributed by atoms with Crippen molar-refractivity contribution in [3.8, 4) is 0 Å². The summed E-state index contributed by atoms with van der Waals surface area (Å²) in [4.78, 5) is 12.3. The van der Waals surface area contributed by atoms with Gasteiger partial charge in [0.15, 0.2) is 5.79 Å². The fourth-order valence-electron chi connectivity index (χ4n) is 3.04. The number of hydrogen-bond acceptors (Lipinski definition) is 4. The minimum absolute atomic E-state index is 0.0487. The van der Waals surface area contributed by atoms with Gasteiger partial charge in [0.2, 0.25) is 5.91 Å². The molecule has 110 valence electrons. The second-order valence-electron chi connectivity index (χ2n) is 6.52. The highest BCUT2D eigenvalue weighted by molar-refractivity contribution is 5.86. The molecule has 5 nitrogen and oxygen atoms in total. The van der Waals surface area contributed by atoms with Crippen LogP contribution < -0.4 is 11.1 Å². The number of carbonyl (C=O) groups excluding carboxylic acids is 1. The van der Waals surface area contributed by atoms with Crippen LogP contribution in [0.4, 0.5) is 0 Å². The van der Waals surface area contributed by atoms with Crippen molar-refractivity contribution in [2.75, 3.05) is 13.2 Å². The molecule has 0 aromatic carbocycles. The van der Waals surface area contributed by atoms with Crippen LogP contribution in [0, 0.1) is 5.92 Å². The molecule has 5 heteroatoms. The summed E-state index contributed by atoms with van der Waals surface area (Å²) >= 11 is 0. The van der Waals surface area contributed by atoms with Gasteiger partial charge in [0, 0.05) is 6.54 Å². The fourth-order valence-corrected chi connectivity index (χ4v) is 3.04. The number of ether oxygens (including phenoxy) is 2. The molecule has 19 heavy (non-hydrogen) atoms. The van der Waals surface area contributed by atoms with Crippen LogP contribution in [-0.4, -0.2) is 36.5 Å². The SMILES string of the molecule is CC1CCCC(N)(C(=O)NCC2COC(C)(C)O2)C1. The zero-order valence-corrected chi connectivity index (χ0v) is 12.2. The lowest BCUT2D eigenvalue weighted by molar-refractivity contribution is -0.140. The summed E-state index contributed by atoms with van der Waals surface area (Å²) in [7, 11) is 0. The molecule has 3 atom stereocenters. The molecule has 2 aliphatic rings. The average molecular weight is 270 g/mol. The van der Waals surface area contributed by atoms with E-state index in [0.29, 0.717) is 19.1 Å². The molecule has 3 N–H and O–H groups in total. The first-order valence-electron chi connectivity index (χ1n) is 7.20. The maximum Gasteiger partial charge on any atom is 0.240 e. The summed E-state index contributed by atoms with van der Waals surface area (Å²) in [6.07, 6.45) is 3.66. The molecule has 0 radical (unpaired) electrons. The molecule has 1 aliphatic heterocycles. The smallest absolute Gasteiger partial charge is 0.240 e. The Labute approximate surface area is 115 Å². The van der Waals surface area contributed by atoms with E-state index in [-0.39, 0.29) is 12.0 Å². The third kappa shape index (κ3) is 3.68. The lowest BCUT2D eigenvalue weighted by Crippen LogP contribution is -2.57. The second-order valence-corrected chi connectivity index (χ2v) is 6.52. The first-order chi connectivity index (χ1) is 8.81. The molecule has 1 aliphatic carbocycles. The quantitative estimate of drug-likeness (QED) is 0.807. The summed E-state index contributed by atoms with van der Waals surface area (Å²) in [5.41, 5.74) is 5.55. The average Bonchev–Trinajstić information content (AvgIpc) is 2.65. The van der Waals surface area contributed by atoms with Crippen molar-refractivity contribution in [2.24, 2.45) is 11.7 Å². The topological polar surface area (TPSA) is 73.6 Å². The van der Waals surface area contributed by atoms with Crippen LogP contribution in [0.2, 0.25) is 0 Å². The van der Waals surface area contributed by atoms with E-state index in [0.717, 1.165) is 19.3 Å². The molecule has 0 aromatic heterocycles. The van der Waals surface area contributed by atoms with Gasteiger partial charge in [-0.2, -0.15) is 0 Å². The Kier molecular flexibility index (Phi) is 4.18. The van der Waals surface area contributed by atoms with Gasteiger partial charge in [-0.15, -0.1) is 0 Å². The number of hydrogen-bond donors (Lipinski definition) is 2. The van der Waals surface area contributed by atoms with Crippen molar-refractivity contribution < 1.29 is 14.3 Å². The Morgan fingerprint density at radius 2 is 2.21 bits per heavy atom. The summed E-state index contributed by atoms with van der Waals surface area (Å²) < 4.78 is 11.1. The first kappa shape index (κ1) is 14.8.